The second-order valence-electron chi connectivity index (χ2n) is 5.62. The highest BCUT2D eigenvalue weighted by Crippen LogP contribution is 2.31. The first kappa shape index (κ1) is 15.5. The van der Waals surface area contributed by atoms with E-state index in [0.29, 0.717) is 12.8 Å². The number of carbonyl (C=O) groups is 2. The standard InChI is InChI=1S/C16H20FNO3/c1-10(11-6-8-12(17)9-7-11)18-15(19)13-4-2-3-5-14(13)16(20)21/h6-10,13-14H,2-5H2,1H3,(H,18,19)(H,20,21)/t10-,13-,14+/m1/s1. The van der Waals surface area contributed by atoms with Gasteiger partial charge in [-0.2, -0.15) is 0 Å². The van der Waals surface area contributed by atoms with Gasteiger partial charge >= 0.3 is 5.97 Å². The van der Waals surface area contributed by atoms with Crippen molar-refractivity contribution in [2.45, 2.75) is 38.6 Å². The molecule has 21 heavy (non-hydrogen) atoms. The largest absolute Gasteiger partial charge is 0.481 e. The summed E-state index contributed by atoms with van der Waals surface area (Å²) in [5, 5.41) is 12.1. The quantitative estimate of drug-likeness (QED) is 0.897. The summed E-state index contributed by atoms with van der Waals surface area (Å²) >= 11 is 0. The minimum Gasteiger partial charge on any atom is -0.481 e. The van der Waals surface area contributed by atoms with Crippen molar-refractivity contribution < 1.29 is 19.1 Å². The van der Waals surface area contributed by atoms with Crippen LogP contribution >= 0.6 is 0 Å². The predicted molar refractivity (Wildman–Crippen MR) is 76.0 cm³/mol. The molecule has 2 rings (SSSR count). The maximum Gasteiger partial charge on any atom is 0.307 e. The highest BCUT2D eigenvalue weighted by molar-refractivity contribution is 5.85. The number of hydrogen-bond donors (Lipinski definition) is 2. The molecule has 0 saturated heterocycles. The number of aliphatic carboxylic acids is 1. The summed E-state index contributed by atoms with van der Waals surface area (Å²) in [6.07, 6.45) is 2.90. The number of nitrogens with one attached hydrogen (secondary N) is 1. The van der Waals surface area contributed by atoms with Gasteiger partial charge in [-0.1, -0.05) is 25.0 Å². The van der Waals surface area contributed by atoms with Crippen LogP contribution in [0.3, 0.4) is 0 Å². The second kappa shape index (κ2) is 6.70. The Bertz CT molecular complexity index is 515. The van der Waals surface area contributed by atoms with Gasteiger partial charge in [0.15, 0.2) is 0 Å². The number of hydrogen-bond acceptors (Lipinski definition) is 2. The van der Waals surface area contributed by atoms with Crippen LogP contribution in [0.25, 0.3) is 0 Å². The molecule has 2 N–H and O–H groups in total. The molecule has 1 aromatic rings. The first-order valence-electron chi connectivity index (χ1n) is 7.27. The van der Waals surface area contributed by atoms with Gasteiger partial charge in [0.2, 0.25) is 5.91 Å². The lowest BCUT2D eigenvalue weighted by Gasteiger charge is -2.28. The van der Waals surface area contributed by atoms with Gasteiger partial charge in [0.25, 0.3) is 0 Å². The van der Waals surface area contributed by atoms with Crippen LogP contribution in [0.1, 0.15) is 44.2 Å². The van der Waals surface area contributed by atoms with Gasteiger partial charge in [-0.3, -0.25) is 9.59 Å². The number of halogens is 1. The fraction of sp³-hybridized carbons (Fsp3) is 0.500. The molecule has 0 aliphatic heterocycles. The maximum atomic E-state index is 12.9. The van der Waals surface area contributed by atoms with E-state index >= 15 is 0 Å². The molecule has 0 spiro atoms. The maximum absolute atomic E-state index is 12.9. The Morgan fingerprint density at radius 1 is 1.19 bits per heavy atom. The van der Waals surface area contributed by atoms with E-state index in [1.54, 1.807) is 12.1 Å². The number of carboxylic acid groups (broad SMARTS) is 1. The lowest BCUT2D eigenvalue weighted by molar-refractivity contribution is -0.149. The van der Waals surface area contributed by atoms with Crippen LogP contribution in [0, 0.1) is 17.7 Å². The van der Waals surface area contributed by atoms with E-state index in [1.165, 1.54) is 12.1 Å². The zero-order valence-corrected chi connectivity index (χ0v) is 12.0. The van der Waals surface area contributed by atoms with E-state index < -0.39 is 17.8 Å². The minimum absolute atomic E-state index is 0.223. The molecule has 3 atom stereocenters. The Kier molecular flexibility index (Phi) is 4.94. The monoisotopic (exact) mass is 293 g/mol. The van der Waals surface area contributed by atoms with E-state index in [1.807, 2.05) is 6.92 Å². The van der Waals surface area contributed by atoms with Gasteiger partial charge in [-0.05, 0) is 37.5 Å². The normalized spacial score (nSPS) is 23.3. The number of amides is 1. The van der Waals surface area contributed by atoms with E-state index in [4.69, 9.17) is 0 Å². The first-order chi connectivity index (χ1) is 9.99. The Morgan fingerprint density at radius 2 is 1.76 bits per heavy atom. The molecule has 1 aliphatic carbocycles. The van der Waals surface area contributed by atoms with Crippen LogP contribution in [-0.2, 0) is 9.59 Å². The van der Waals surface area contributed by atoms with Crippen LogP contribution in [0.5, 0.6) is 0 Å². The average Bonchev–Trinajstić information content (AvgIpc) is 2.47. The van der Waals surface area contributed by atoms with E-state index in [9.17, 15) is 19.1 Å². The molecule has 1 fully saturated rings. The molecule has 4 nitrogen and oxygen atoms in total. The van der Waals surface area contributed by atoms with Crippen molar-refractivity contribution >= 4 is 11.9 Å². The second-order valence-corrected chi connectivity index (χ2v) is 5.62. The Hall–Kier alpha value is -1.91. The molecule has 1 amide bonds. The lowest BCUT2D eigenvalue weighted by atomic mass is 9.78. The third kappa shape index (κ3) is 3.80. The summed E-state index contributed by atoms with van der Waals surface area (Å²) < 4.78 is 12.9. The molecule has 0 radical (unpaired) electrons. The molecule has 0 bridgehead atoms. The van der Waals surface area contributed by atoms with E-state index in [2.05, 4.69) is 5.32 Å². The molecular weight excluding hydrogens is 273 g/mol. The summed E-state index contributed by atoms with van der Waals surface area (Å²) in [6, 6.07) is 5.66. The minimum atomic E-state index is -0.899. The summed E-state index contributed by atoms with van der Waals surface area (Å²) in [6.45, 7) is 1.81. The summed E-state index contributed by atoms with van der Waals surface area (Å²) in [7, 11) is 0. The molecule has 1 aromatic carbocycles. The van der Waals surface area contributed by atoms with E-state index in [-0.39, 0.29) is 17.8 Å². The van der Waals surface area contributed by atoms with Crippen molar-refractivity contribution in [2.24, 2.45) is 11.8 Å². The fourth-order valence-electron chi connectivity index (χ4n) is 2.90. The van der Waals surface area contributed by atoms with Crippen LogP contribution in [0.15, 0.2) is 24.3 Å². The highest BCUT2D eigenvalue weighted by Gasteiger charge is 2.36. The fourth-order valence-corrected chi connectivity index (χ4v) is 2.90. The topological polar surface area (TPSA) is 66.4 Å². The number of benzene rings is 1. The molecule has 0 aromatic heterocycles. The van der Waals surface area contributed by atoms with Gasteiger partial charge < -0.3 is 10.4 Å². The van der Waals surface area contributed by atoms with Crippen molar-refractivity contribution in [3.63, 3.8) is 0 Å². The van der Waals surface area contributed by atoms with Crippen LogP contribution in [0.2, 0.25) is 0 Å². The summed E-state index contributed by atoms with van der Waals surface area (Å²) in [5.74, 6) is -2.52. The van der Waals surface area contributed by atoms with Gasteiger partial charge in [0.05, 0.1) is 17.9 Å². The van der Waals surface area contributed by atoms with Crippen molar-refractivity contribution in [1.82, 2.24) is 5.32 Å². The summed E-state index contributed by atoms with van der Waals surface area (Å²) in [5.41, 5.74) is 0.799. The first-order valence-corrected chi connectivity index (χ1v) is 7.27. The SMILES string of the molecule is C[C@@H](NC(=O)[C@@H]1CCCC[C@@H]1C(=O)O)c1ccc(F)cc1. The number of carbonyl (C=O) groups excluding carboxylic acids is 1. The Balaban J connectivity index is 2.02. The Morgan fingerprint density at radius 3 is 2.33 bits per heavy atom. The van der Waals surface area contributed by atoms with Gasteiger partial charge in [0.1, 0.15) is 5.82 Å². The molecule has 5 heteroatoms. The third-order valence-corrected chi connectivity index (χ3v) is 4.15. The van der Waals surface area contributed by atoms with Gasteiger partial charge in [-0.15, -0.1) is 0 Å². The van der Waals surface area contributed by atoms with Crippen LogP contribution < -0.4 is 5.32 Å². The average molecular weight is 293 g/mol. The van der Waals surface area contributed by atoms with Gasteiger partial charge in [0, 0.05) is 0 Å². The van der Waals surface area contributed by atoms with Crippen LogP contribution in [-0.4, -0.2) is 17.0 Å². The summed E-state index contributed by atoms with van der Waals surface area (Å²) in [4.78, 5) is 23.6. The number of rotatable bonds is 4. The van der Waals surface area contributed by atoms with Crippen molar-refractivity contribution in [1.29, 1.82) is 0 Å². The molecule has 1 saturated carbocycles. The van der Waals surface area contributed by atoms with Crippen LogP contribution in [0.4, 0.5) is 4.39 Å². The Labute approximate surface area is 123 Å². The van der Waals surface area contributed by atoms with E-state index in [0.717, 1.165) is 18.4 Å². The molecule has 1 aliphatic rings. The molecule has 114 valence electrons. The van der Waals surface area contributed by atoms with Crippen molar-refractivity contribution in [3.05, 3.63) is 35.6 Å². The smallest absolute Gasteiger partial charge is 0.307 e. The number of carboxylic acids is 1. The van der Waals surface area contributed by atoms with Crippen molar-refractivity contribution in [2.75, 3.05) is 0 Å². The predicted octanol–water partition coefficient (Wildman–Crippen LogP) is 2.89. The highest BCUT2D eigenvalue weighted by atomic mass is 19.1. The lowest BCUT2D eigenvalue weighted by Crippen LogP contribution is -2.40. The van der Waals surface area contributed by atoms with Crippen molar-refractivity contribution in [3.8, 4) is 0 Å². The molecule has 0 unspecified atom stereocenters. The third-order valence-electron chi connectivity index (χ3n) is 4.15. The zero-order valence-electron chi connectivity index (χ0n) is 12.0. The van der Waals surface area contributed by atoms with Gasteiger partial charge in [-0.25, -0.2) is 4.39 Å². The zero-order chi connectivity index (χ0) is 15.4. The molecular formula is C16H20FNO3. The molecule has 0 heterocycles.